The number of carbonyl (C=O) groups is 2. The van der Waals surface area contributed by atoms with Gasteiger partial charge in [0.05, 0.1) is 11.1 Å². The maximum atomic E-state index is 12.4. The fraction of sp³-hybridized carbons (Fsp3) is 0.364. The molecule has 3 rings (SSSR count). The maximum Gasteiger partial charge on any atom is 0.338 e. The van der Waals surface area contributed by atoms with E-state index in [0.717, 1.165) is 0 Å². The van der Waals surface area contributed by atoms with Gasteiger partial charge in [0.15, 0.2) is 12.4 Å². The average Bonchev–Trinajstić information content (AvgIpc) is 2.78. The van der Waals surface area contributed by atoms with Crippen LogP contribution in [-0.4, -0.2) is 66.1 Å². The lowest BCUT2D eigenvalue weighted by Gasteiger charge is -2.41. The van der Waals surface area contributed by atoms with Crippen LogP contribution in [0.3, 0.4) is 0 Å². The van der Waals surface area contributed by atoms with Crippen LogP contribution in [0.2, 0.25) is 0 Å². The molecular weight excluding hydrogens is 392 g/mol. The first-order chi connectivity index (χ1) is 14.5. The first-order valence-electron chi connectivity index (χ1n) is 9.62. The Balaban J connectivity index is 1.65. The summed E-state index contributed by atoms with van der Waals surface area (Å²) in [6.45, 7) is 1.61. The minimum Gasteiger partial charge on any atom is -0.459 e. The van der Waals surface area contributed by atoms with Gasteiger partial charge >= 0.3 is 11.9 Å². The number of aliphatic hydroxyl groups is 2. The third kappa shape index (κ3) is 5.22. The Morgan fingerprint density at radius 3 is 2.03 bits per heavy atom. The lowest BCUT2D eigenvalue weighted by molar-refractivity contribution is -0.298. The second-order valence-corrected chi connectivity index (χ2v) is 6.68. The summed E-state index contributed by atoms with van der Waals surface area (Å²) in [7, 11) is 0. The van der Waals surface area contributed by atoms with E-state index < -0.39 is 42.6 Å². The van der Waals surface area contributed by atoms with Crippen molar-refractivity contribution in [3.05, 3.63) is 71.8 Å². The number of hydrogen-bond donors (Lipinski definition) is 2. The molecule has 2 aromatic carbocycles. The van der Waals surface area contributed by atoms with E-state index in [9.17, 15) is 19.8 Å². The Hall–Kier alpha value is -2.78. The predicted octanol–water partition coefficient (Wildman–Crippen LogP) is 1.55. The first kappa shape index (κ1) is 21.9. The van der Waals surface area contributed by atoms with Gasteiger partial charge in [0.2, 0.25) is 0 Å². The van der Waals surface area contributed by atoms with Gasteiger partial charge in [0.25, 0.3) is 0 Å². The van der Waals surface area contributed by atoms with E-state index in [1.807, 2.05) is 0 Å². The van der Waals surface area contributed by atoms with Gasteiger partial charge in [-0.2, -0.15) is 0 Å². The van der Waals surface area contributed by atoms with Crippen molar-refractivity contribution in [3.63, 3.8) is 0 Å². The Kier molecular flexibility index (Phi) is 7.53. The van der Waals surface area contributed by atoms with Crippen LogP contribution in [0, 0.1) is 0 Å². The highest BCUT2D eigenvalue weighted by Gasteiger charge is 2.47. The number of benzene rings is 2. The fourth-order valence-corrected chi connectivity index (χ4v) is 3.05. The van der Waals surface area contributed by atoms with Crippen molar-refractivity contribution in [1.82, 2.24) is 0 Å². The molecule has 0 aromatic heterocycles. The molecule has 1 saturated heterocycles. The molecule has 0 unspecified atom stereocenters. The summed E-state index contributed by atoms with van der Waals surface area (Å²) in [5.74, 6) is -1.28. The first-order valence-corrected chi connectivity index (χ1v) is 9.62. The molecule has 0 radical (unpaired) electrons. The molecule has 8 nitrogen and oxygen atoms in total. The van der Waals surface area contributed by atoms with Crippen LogP contribution >= 0.6 is 0 Å². The van der Waals surface area contributed by atoms with Crippen LogP contribution in [0.1, 0.15) is 27.6 Å². The van der Waals surface area contributed by atoms with Crippen molar-refractivity contribution in [2.45, 2.75) is 37.6 Å². The summed E-state index contributed by atoms with van der Waals surface area (Å²) in [4.78, 5) is 24.5. The number of carbonyl (C=O) groups excluding carboxylic acids is 2. The SMILES string of the molecule is CCO[C@@H]1O[C@H](COC(=O)c2ccccc2)[C@H](O)[C@H](O)[C@H]1OC(=O)c1ccccc1. The summed E-state index contributed by atoms with van der Waals surface area (Å²) in [5.41, 5.74) is 0.632. The average molecular weight is 416 g/mol. The van der Waals surface area contributed by atoms with E-state index in [-0.39, 0.29) is 18.8 Å². The fourth-order valence-electron chi connectivity index (χ4n) is 3.05. The molecular formula is C22H24O8. The molecule has 160 valence electrons. The van der Waals surface area contributed by atoms with Gasteiger partial charge in [-0.05, 0) is 31.2 Å². The summed E-state index contributed by atoms with van der Waals surface area (Å²) in [6.07, 6.45) is -6.41. The van der Waals surface area contributed by atoms with Gasteiger partial charge in [0.1, 0.15) is 24.9 Å². The largest absolute Gasteiger partial charge is 0.459 e. The predicted molar refractivity (Wildman–Crippen MR) is 105 cm³/mol. The third-order valence-corrected chi connectivity index (χ3v) is 4.62. The summed E-state index contributed by atoms with van der Waals surface area (Å²) < 4.78 is 21.7. The zero-order valence-corrected chi connectivity index (χ0v) is 16.4. The normalized spacial score (nSPS) is 26.0. The molecule has 1 aliphatic heterocycles. The Bertz CT molecular complexity index is 824. The molecule has 30 heavy (non-hydrogen) atoms. The van der Waals surface area contributed by atoms with Crippen LogP contribution in [0.25, 0.3) is 0 Å². The van der Waals surface area contributed by atoms with Crippen LogP contribution in [-0.2, 0) is 18.9 Å². The van der Waals surface area contributed by atoms with Gasteiger partial charge in [0, 0.05) is 6.61 Å². The van der Waals surface area contributed by atoms with Gasteiger partial charge in [-0.15, -0.1) is 0 Å². The number of hydrogen-bond acceptors (Lipinski definition) is 8. The summed E-state index contributed by atoms with van der Waals surface area (Å²) in [6, 6.07) is 16.6. The number of ether oxygens (including phenoxy) is 4. The molecule has 0 aliphatic carbocycles. The van der Waals surface area contributed by atoms with E-state index in [1.165, 1.54) is 0 Å². The molecule has 0 bridgehead atoms. The summed E-state index contributed by atoms with van der Waals surface area (Å²) >= 11 is 0. The van der Waals surface area contributed by atoms with E-state index in [4.69, 9.17) is 18.9 Å². The highest BCUT2D eigenvalue weighted by Crippen LogP contribution is 2.26. The minimum atomic E-state index is -1.50. The number of rotatable bonds is 7. The molecule has 1 heterocycles. The molecule has 2 aromatic rings. The second kappa shape index (κ2) is 10.3. The minimum absolute atomic E-state index is 0.212. The smallest absolute Gasteiger partial charge is 0.338 e. The van der Waals surface area contributed by atoms with Gasteiger partial charge in [-0.3, -0.25) is 0 Å². The third-order valence-electron chi connectivity index (χ3n) is 4.62. The van der Waals surface area contributed by atoms with Crippen molar-refractivity contribution >= 4 is 11.9 Å². The molecule has 2 N–H and O–H groups in total. The van der Waals surface area contributed by atoms with Gasteiger partial charge in [-0.25, -0.2) is 9.59 Å². The van der Waals surface area contributed by atoms with Crippen LogP contribution in [0.15, 0.2) is 60.7 Å². The van der Waals surface area contributed by atoms with Crippen molar-refractivity contribution in [1.29, 1.82) is 0 Å². The Morgan fingerprint density at radius 2 is 1.47 bits per heavy atom. The van der Waals surface area contributed by atoms with Crippen molar-refractivity contribution < 1.29 is 38.7 Å². The molecule has 0 saturated carbocycles. The monoisotopic (exact) mass is 416 g/mol. The molecule has 1 fully saturated rings. The molecule has 1 aliphatic rings. The highest BCUT2D eigenvalue weighted by atomic mass is 16.7. The van der Waals surface area contributed by atoms with E-state index in [1.54, 1.807) is 67.6 Å². The zero-order valence-electron chi connectivity index (χ0n) is 16.4. The quantitative estimate of drug-likeness (QED) is 0.654. The van der Waals surface area contributed by atoms with E-state index >= 15 is 0 Å². The zero-order chi connectivity index (χ0) is 21.5. The topological polar surface area (TPSA) is 112 Å². The van der Waals surface area contributed by atoms with Crippen LogP contribution < -0.4 is 0 Å². The lowest BCUT2D eigenvalue weighted by atomic mass is 9.99. The molecule has 8 heteroatoms. The van der Waals surface area contributed by atoms with Crippen molar-refractivity contribution in [2.24, 2.45) is 0 Å². The standard InChI is InChI=1S/C22H24O8/c1-2-27-22-19(30-21(26)15-11-7-4-8-12-15)18(24)17(23)16(29-22)13-28-20(25)14-9-5-3-6-10-14/h3-12,16-19,22-24H,2,13H2,1H3/t16-,17+,18+,19-,22-/m1/s1. The van der Waals surface area contributed by atoms with Crippen LogP contribution in [0.5, 0.6) is 0 Å². The van der Waals surface area contributed by atoms with Crippen molar-refractivity contribution in [2.75, 3.05) is 13.2 Å². The number of esters is 2. The maximum absolute atomic E-state index is 12.4. The van der Waals surface area contributed by atoms with Gasteiger partial charge < -0.3 is 29.2 Å². The lowest BCUT2D eigenvalue weighted by Crippen LogP contribution is -2.60. The Morgan fingerprint density at radius 1 is 0.900 bits per heavy atom. The van der Waals surface area contributed by atoms with Crippen LogP contribution in [0.4, 0.5) is 0 Å². The Labute approximate surface area is 173 Å². The van der Waals surface area contributed by atoms with Gasteiger partial charge in [-0.1, -0.05) is 36.4 Å². The molecule has 0 amide bonds. The summed E-state index contributed by atoms with van der Waals surface area (Å²) in [5, 5.41) is 21.0. The van der Waals surface area contributed by atoms with E-state index in [0.29, 0.717) is 5.56 Å². The van der Waals surface area contributed by atoms with E-state index in [2.05, 4.69) is 0 Å². The van der Waals surface area contributed by atoms with Crippen molar-refractivity contribution in [3.8, 4) is 0 Å². The number of aliphatic hydroxyl groups excluding tert-OH is 2. The second-order valence-electron chi connectivity index (χ2n) is 6.68. The molecule has 5 atom stereocenters. The highest BCUT2D eigenvalue weighted by molar-refractivity contribution is 5.89. The molecule has 0 spiro atoms.